The van der Waals surface area contributed by atoms with Gasteiger partial charge in [-0.2, -0.15) is 0 Å². The van der Waals surface area contributed by atoms with Crippen LogP contribution >= 0.6 is 0 Å². The number of allylic oxidation sites excluding steroid dienone is 1. The second-order valence-corrected chi connectivity index (χ2v) is 7.80. The van der Waals surface area contributed by atoms with E-state index in [-0.39, 0.29) is 5.41 Å². The van der Waals surface area contributed by atoms with Crippen molar-refractivity contribution in [2.75, 3.05) is 23.0 Å². The van der Waals surface area contributed by atoms with Crippen molar-refractivity contribution in [3.8, 4) is 0 Å². The van der Waals surface area contributed by atoms with Crippen LogP contribution in [0, 0.1) is 5.41 Å². The highest BCUT2D eigenvalue weighted by molar-refractivity contribution is 5.99. The van der Waals surface area contributed by atoms with Gasteiger partial charge in [-0.3, -0.25) is 4.79 Å². The molecule has 0 spiro atoms. The Balaban J connectivity index is 1.79. The van der Waals surface area contributed by atoms with Gasteiger partial charge in [-0.05, 0) is 36.1 Å². The van der Waals surface area contributed by atoms with Gasteiger partial charge in [-0.25, -0.2) is 0 Å². The fraction of sp³-hybridized carbons (Fsp3) is 0.318. The van der Waals surface area contributed by atoms with Crippen molar-refractivity contribution in [3.63, 3.8) is 0 Å². The van der Waals surface area contributed by atoms with Crippen LogP contribution in [0.15, 0.2) is 71.9 Å². The minimum Gasteiger partial charge on any atom is -0.349 e. The van der Waals surface area contributed by atoms with Gasteiger partial charge in [0.25, 0.3) is 0 Å². The summed E-state index contributed by atoms with van der Waals surface area (Å²) in [5.74, 6) is 0.299. The predicted molar refractivity (Wildman–Crippen MR) is 103 cm³/mol. The minimum atomic E-state index is 0.0257. The third kappa shape index (κ3) is 3.07. The molecule has 3 heteroatoms. The van der Waals surface area contributed by atoms with Gasteiger partial charge in [0.2, 0.25) is 0 Å². The first-order chi connectivity index (χ1) is 12.0. The van der Waals surface area contributed by atoms with E-state index in [0.29, 0.717) is 18.7 Å². The molecule has 0 unspecified atom stereocenters. The molecule has 0 aromatic heterocycles. The largest absolute Gasteiger partial charge is 0.349 e. The normalized spacial score (nSPS) is 19.8. The molecule has 2 aromatic rings. The fourth-order valence-electron chi connectivity index (χ4n) is 3.92. The monoisotopic (exact) mass is 332 g/mol. The second kappa shape index (κ2) is 6.07. The van der Waals surface area contributed by atoms with Crippen molar-refractivity contribution in [2.45, 2.75) is 26.7 Å². The van der Waals surface area contributed by atoms with Gasteiger partial charge in [0, 0.05) is 35.6 Å². The van der Waals surface area contributed by atoms with Crippen molar-refractivity contribution >= 4 is 17.2 Å². The van der Waals surface area contributed by atoms with Gasteiger partial charge in [0.05, 0.1) is 6.67 Å². The summed E-state index contributed by atoms with van der Waals surface area (Å²) in [6.07, 6.45) is 1.59. The molecule has 1 aliphatic heterocycles. The number of Topliss-reactive ketones (excluding diaryl/α,β-unsaturated/α-hetero) is 1. The van der Waals surface area contributed by atoms with Crippen molar-refractivity contribution < 1.29 is 4.79 Å². The number of benzene rings is 2. The minimum absolute atomic E-state index is 0.0257. The van der Waals surface area contributed by atoms with Crippen LogP contribution in [0.4, 0.5) is 11.4 Å². The zero-order chi connectivity index (χ0) is 17.4. The Morgan fingerprint density at radius 2 is 1.44 bits per heavy atom. The van der Waals surface area contributed by atoms with Gasteiger partial charge in [-0.1, -0.05) is 50.2 Å². The Bertz CT molecular complexity index is 808. The van der Waals surface area contributed by atoms with Crippen LogP contribution < -0.4 is 9.80 Å². The van der Waals surface area contributed by atoms with Crippen LogP contribution in [0.5, 0.6) is 0 Å². The lowest BCUT2D eigenvalue weighted by Gasteiger charge is -2.45. The number of rotatable bonds is 2. The highest BCUT2D eigenvalue weighted by Gasteiger charge is 2.38. The molecule has 0 N–H and O–H groups in total. The third-order valence-corrected chi connectivity index (χ3v) is 5.15. The number of carbonyl (C=O) groups is 1. The molecular weight excluding hydrogens is 308 g/mol. The summed E-state index contributed by atoms with van der Waals surface area (Å²) in [6.45, 7) is 5.87. The predicted octanol–water partition coefficient (Wildman–Crippen LogP) is 4.61. The molecule has 0 amide bonds. The van der Waals surface area contributed by atoms with Gasteiger partial charge >= 0.3 is 0 Å². The summed E-state index contributed by atoms with van der Waals surface area (Å²) in [5, 5.41) is 0. The molecule has 0 fully saturated rings. The first-order valence-corrected chi connectivity index (χ1v) is 8.91. The summed E-state index contributed by atoms with van der Waals surface area (Å²) in [5.41, 5.74) is 4.53. The quantitative estimate of drug-likeness (QED) is 0.802. The molecule has 1 heterocycles. The van der Waals surface area contributed by atoms with E-state index >= 15 is 0 Å². The first-order valence-electron chi connectivity index (χ1n) is 8.91. The summed E-state index contributed by atoms with van der Waals surface area (Å²) in [6, 6.07) is 20.8. The molecule has 1 aliphatic carbocycles. The number of carbonyl (C=O) groups excluding carboxylic acids is 1. The van der Waals surface area contributed by atoms with E-state index in [0.717, 1.165) is 30.0 Å². The Morgan fingerprint density at radius 1 is 0.840 bits per heavy atom. The SMILES string of the molecule is CC1(C)CC(=O)C2=C(C1)N(c1ccccc1)CN(c1ccccc1)C2. The van der Waals surface area contributed by atoms with Crippen LogP contribution in [0.2, 0.25) is 0 Å². The molecule has 0 atom stereocenters. The van der Waals surface area contributed by atoms with Crippen molar-refractivity contribution in [3.05, 3.63) is 71.9 Å². The van der Waals surface area contributed by atoms with Crippen molar-refractivity contribution in [1.82, 2.24) is 0 Å². The van der Waals surface area contributed by atoms with Crippen molar-refractivity contribution in [1.29, 1.82) is 0 Å². The molecule has 0 bridgehead atoms. The molecule has 0 saturated heterocycles. The molecule has 3 nitrogen and oxygen atoms in total. The number of ketones is 1. The average molecular weight is 332 g/mol. The van der Waals surface area contributed by atoms with E-state index in [1.54, 1.807) is 0 Å². The summed E-state index contributed by atoms with van der Waals surface area (Å²) < 4.78 is 0. The third-order valence-electron chi connectivity index (χ3n) is 5.15. The molecular formula is C22H24N2O. The van der Waals surface area contributed by atoms with E-state index in [2.05, 4.69) is 72.2 Å². The molecule has 4 rings (SSSR count). The van der Waals surface area contributed by atoms with E-state index in [1.807, 2.05) is 12.1 Å². The van der Waals surface area contributed by atoms with Crippen LogP contribution in [-0.2, 0) is 4.79 Å². The zero-order valence-corrected chi connectivity index (χ0v) is 14.9. The number of nitrogens with zero attached hydrogens (tertiary/aromatic N) is 2. The average Bonchev–Trinajstić information content (AvgIpc) is 2.62. The van der Waals surface area contributed by atoms with Gasteiger partial charge in [-0.15, -0.1) is 0 Å². The molecule has 0 radical (unpaired) electrons. The molecule has 0 saturated carbocycles. The van der Waals surface area contributed by atoms with Gasteiger partial charge < -0.3 is 9.80 Å². The molecule has 2 aromatic carbocycles. The smallest absolute Gasteiger partial charge is 0.162 e. The summed E-state index contributed by atoms with van der Waals surface area (Å²) in [4.78, 5) is 17.5. The highest BCUT2D eigenvalue weighted by atomic mass is 16.1. The zero-order valence-electron chi connectivity index (χ0n) is 14.9. The van der Waals surface area contributed by atoms with E-state index in [1.165, 1.54) is 5.70 Å². The Hall–Kier alpha value is -2.55. The number of hydrogen-bond acceptors (Lipinski definition) is 3. The van der Waals surface area contributed by atoms with Crippen LogP contribution in [0.3, 0.4) is 0 Å². The lowest BCUT2D eigenvalue weighted by atomic mass is 9.74. The second-order valence-electron chi connectivity index (χ2n) is 7.80. The Morgan fingerprint density at radius 3 is 2.08 bits per heavy atom. The first kappa shape index (κ1) is 15.9. The van der Waals surface area contributed by atoms with E-state index in [4.69, 9.17) is 0 Å². The summed E-state index contributed by atoms with van der Waals surface area (Å²) in [7, 11) is 0. The molecule has 128 valence electrons. The van der Waals surface area contributed by atoms with Crippen LogP contribution in [0.25, 0.3) is 0 Å². The van der Waals surface area contributed by atoms with Crippen LogP contribution in [-0.4, -0.2) is 19.0 Å². The van der Waals surface area contributed by atoms with Crippen molar-refractivity contribution in [2.24, 2.45) is 5.41 Å². The number of anilines is 2. The highest BCUT2D eigenvalue weighted by Crippen LogP contribution is 2.42. The molecule has 2 aliphatic rings. The summed E-state index contributed by atoms with van der Waals surface area (Å²) >= 11 is 0. The van der Waals surface area contributed by atoms with Gasteiger partial charge in [0.15, 0.2) is 5.78 Å². The number of para-hydroxylation sites is 2. The van der Waals surface area contributed by atoms with E-state index in [9.17, 15) is 4.79 Å². The van der Waals surface area contributed by atoms with E-state index < -0.39 is 0 Å². The maximum atomic E-state index is 12.9. The maximum Gasteiger partial charge on any atom is 0.162 e. The fourth-order valence-corrected chi connectivity index (χ4v) is 3.92. The maximum absolute atomic E-state index is 12.9. The standard InChI is InChI=1S/C22H24N2O/c1-22(2)13-20-19(21(25)14-22)15-23(17-9-5-3-6-10-17)16-24(20)18-11-7-4-8-12-18/h3-12H,13-16H2,1-2H3. The lowest BCUT2D eigenvalue weighted by Crippen LogP contribution is -2.48. The van der Waals surface area contributed by atoms with Crippen LogP contribution in [0.1, 0.15) is 26.7 Å². The number of hydrogen-bond donors (Lipinski definition) is 0. The Kier molecular flexibility index (Phi) is 3.87. The lowest BCUT2D eigenvalue weighted by molar-refractivity contribution is -0.118. The topological polar surface area (TPSA) is 23.6 Å². The van der Waals surface area contributed by atoms with Gasteiger partial charge in [0.1, 0.15) is 0 Å². The Labute approximate surface area is 149 Å². The molecule has 25 heavy (non-hydrogen) atoms.